The number of rotatable bonds is 5. The van der Waals surface area contributed by atoms with Gasteiger partial charge in [-0.25, -0.2) is 4.98 Å². The van der Waals surface area contributed by atoms with Crippen LogP contribution >= 0.6 is 11.3 Å². The lowest BCUT2D eigenvalue weighted by Gasteiger charge is -2.38. The quantitative estimate of drug-likeness (QED) is 0.907. The number of aryl methyl sites for hydroxylation is 1. The number of nitrogens with zero attached hydrogens (tertiary/aromatic N) is 2. The van der Waals surface area contributed by atoms with Crippen LogP contribution in [0.4, 0.5) is 0 Å². The molecule has 1 aliphatic rings. The zero-order chi connectivity index (χ0) is 14.5. The first kappa shape index (κ1) is 15.4. The fourth-order valence-electron chi connectivity index (χ4n) is 2.83. The molecule has 1 saturated heterocycles. The van der Waals surface area contributed by atoms with Gasteiger partial charge in [0.05, 0.1) is 11.6 Å². The molecule has 2 atom stereocenters. The molecule has 0 aromatic carbocycles. The van der Waals surface area contributed by atoms with Gasteiger partial charge in [0.2, 0.25) is 5.91 Å². The normalized spacial score (nSPS) is 23.8. The topological polar surface area (TPSA) is 45.2 Å². The van der Waals surface area contributed by atoms with E-state index >= 15 is 0 Å². The highest BCUT2D eigenvalue weighted by Crippen LogP contribution is 2.21. The maximum Gasteiger partial charge on any atom is 0.234 e. The van der Waals surface area contributed by atoms with E-state index in [9.17, 15) is 4.79 Å². The largest absolute Gasteiger partial charge is 0.355 e. The van der Waals surface area contributed by atoms with Gasteiger partial charge in [0.15, 0.2) is 0 Å². The number of amides is 1. The van der Waals surface area contributed by atoms with Crippen LogP contribution in [-0.4, -0.2) is 41.0 Å². The molecule has 2 rings (SSSR count). The molecule has 0 spiro atoms. The molecule has 0 saturated carbocycles. The van der Waals surface area contributed by atoms with Gasteiger partial charge in [0.25, 0.3) is 0 Å². The van der Waals surface area contributed by atoms with Crippen molar-refractivity contribution in [2.75, 3.05) is 13.1 Å². The monoisotopic (exact) mass is 295 g/mol. The molecule has 1 aromatic rings. The van der Waals surface area contributed by atoms with Crippen molar-refractivity contribution < 1.29 is 4.79 Å². The van der Waals surface area contributed by atoms with Crippen molar-refractivity contribution in [1.29, 1.82) is 0 Å². The van der Waals surface area contributed by atoms with Crippen LogP contribution in [0.3, 0.4) is 0 Å². The lowest BCUT2D eigenvalue weighted by atomic mass is 9.97. The molecule has 2 heterocycles. The Hall–Kier alpha value is -0.940. The van der Waals surface area contributed by atoms with Crippen molar-refractivity contribution in [3.63, 3.8) is 0 Å². The number of aromatic nitrogens is 1. The van der Waals surface area contributed by atoms with Gasteiger partial charge in [0, 0.05) is 36.1 Å². The van der Waals surface area contributed by atoms with E-state index in [4.69, 9.17) is 0 Å². The molecule has 5 heteroatoms. The summed E-state index contributed by atoms with van der Waals surface area (Å²) in [7, 11) is 0. The van der Waals surface area contributed by atoms with Gasteiger partial charge in [-0.05, 0) is 33.6 Å². The molecule has 1 aromatic heterocycles. The molecule has 1 N–H and O–H groups in total. The molecular weight excluding hydrogens is 270 g/mol. The van der Waals surface area contributed by atoms with E-state index in [1.165, 1.54) is 19.3 Å². The summed E-state index contributed by atoms with van der Waals surface area (Å²) in [4.78, 5) is 18.8. The Morgan fingerprint density at radius 3 is 2.75 bits per heavy atom. The number of carbonyl (C=O) groups excluding carboxylic acids is 1. The van der Waals surface area contributed by atoms with E-state index in [1.807, 2.05) is 12.3 Å². The zero-order valence-corrected chi connectivity index (χ0v) is 13.5. The first-order valence-corrected chi connectivity index (χ1v) is 8.37. The predicted molar refractivity (Wildman–Crippen MR) is 83.0 cm³/mol. The molecule has 0 unspecified atom stereocenters. The molecule has 4 nitrogen and oxygen atoms in total. The third kappa shape index (κ3) is 4.28. The molecule has 0 radical (unpaired) electrons. The van der Waals surface area contributed by atoms with E-state index in [0.29, 0.717) is 25.2 Å². The zero-order valence-electron chi connectivity index (χ0n) is 12.7. The summed E-state index contributed by atoms with van der Waals surface area (Å²) in [5, 5.41) is 6.16. The van der Waals surface area contributed by atoms with Crippen LogP contribution in [0.1, 0.15) is 43.8 Å². The standard InChI is InChI=1S/C15H25N3OS/c1-11-10-20-15(17-11)7-8-16-14(19)9-18-12(2)5-4-6-13(18)3/h10,12-13H,4-9H2,1-3H3,(H,16,19)/t12-,13+. The Morgan fingerprint density at radius 2 is 2.15 bits per heavy atom. The Bertz CT molecular complexity index is 436. The fourth-order valence-corrected chi connectivity index (χ4v) is 3.61. The first-order valence-electron chi connectivity index (χ1n) is 7.49. The average molecular weight is 295 g/mol. The molecule has 20 heavy (non-hydrogen) atoms. The minimum atomic E-state index is 0.138. The molecule has 112 valence electrons. The van der Waals surface area contributed by atoms with E-state index in [1.54, 1.807) is 11.3 Å². The van der Waals surface area contributed by atoms with Gasteiger partial charge in [-0.15, -0.1) is 11.3 Å². The van der Waals surface area contributed by atoms with Crippen LogP contribution in [0, 0.1) is 6.92 Å². The van der Waals surface area contributed by atoms with Crippen LogP contribution in [0.15, 0.2) is 5.38 Å². The molecular formula is C15H25N3OS. The minimum absolute atomic E-state index is 0.138. The lowest BCUT2D eigenvalue weighted by molar-refractivity contribution is -0.123. The average Bonchev–Trinajstić information content (AvgIpc) is 2.80. The SMILES string of the molecule is Cc1csc(CCNC(=O)CN2[C@H](C)CCC[C@@H]2C)n1. The van der Waals surface area contributed by atoms with Crippen LogP contribution in [-0.2, 0) is 11.2 Å². The summed E-state index contributed by atoms with van der Waals surface area (Å²) in [5.41, 5.74) is 1.06. The second-order valence-electron chi connectivity index (χ2n) is 5.78. The van der Waals surface area contributed by atoms with Crippen LogP contribution in [0.25, 0.3) is 0 Å². The van der Waals surface area contributed by atoms with Crippen molar-refractivity contribution in [2.24, 2.45) is 0 Å². The van der Waals surface area contributed by atoms with Gasteiger partial charge in [0.1, 0.15) is 0 Å². The van der Waals surface area contributed by atoms with Crippen molar-refractivity contribution >= 4 is 17.2 Å². The highest BCUT2D eigenvalue weighted by atomic mass is 32.1. The van der Waals surface area contributed by atoms with Gasteiger partial charge >= 0.3 is 0 Å². The first-order chi connectivity index (χ1) is 9.56. The van der Waals surface area contributed by atoms with Crippen LogP contribution < -0.4 is 5.32 Å². The number of nitrogens with one attached hydrogen (secondary N) is 1. The summed E-state index contributed by atoms with van der Waals surface area (Å²) in [6.45, 7) is 7.65. The van der Waals surface area contributed by atoms with Crippen molar-refractivity contribution in [3.05, 3.63) is 16.1 Å². The lowest BCUT2D eigenvalue weighted by Crippen LogP contribution is -2.48. The molecule has 1 amide bonds. The number of likely N-dealkylation sites (tertiary alicyclic amines) is 1. The summed E-state index contributed by atoms with van der Waals surface area (Å²) in [6.07, 6.45) is 4.52. The third-order valence-electron chi connectivity index (χ3n) is 4.03. The van der Waals surface area contributed by atoms with Crippen molar-refractivity contribution in [3.8, 4) is 0 Å². The fraction of sp³-hybridized carbons (Fsp3) is 0.733. The van der Waals surface area contributed by atoms with Crippen LogP contribution in [0.2, 0.25) is 0 Å². The number of piperidine rings is 1. The second kappa shape index (κ2) is 7.18. The summed E-state index contributed by atoms with van der Waals surface area (Å²) in [5.74, 6) is 0.138. The summed E-state index contributed by atoms with van der Waals surface area (Å²) < 4.78 is 0. The Balaban J connectivity index is 1.72. The predicted octanol–water partition coefficient (Wildman–Crippen LogP) is 2.37. The van der Waals surface area contributed by atoms with E-state index in [0.717, 1.165) is 17.1 Å². The molecule has 1 aliphatic heterocycles. The number of hydrogen-bond donors (Lipinski definition) is 1. The Morgan fingerprint density at radius 1 is 1.45 bits per heavy atom. The summed E-state index contributed by atoms with van der Waals surface area (Å²) in [6, 6.07) is 1.04. The Kier molecular flexibility index (Phi) is 5.54. The maximum absolute atomic E-state index is 12.0. The second-order valence-corrected chi connectivity index (χ2v) is 6.73. The van der Waals surface area contributed by atoms with Gasteiger partial charge in [-0.2, -0.15) is 0 Å². The number of thiazole rings is 1. The smallest absolute Gasteiger partial charge is 0.234 e. The molecule has 0 bridgehead atoms. The maximum atomic E-state index is 12.0. The highest BCUT2D eigenvalue weighted by Gasteiger charge is 2.26. The van der Waals surface area contributed by atoms with E-state index in [2.05, 4.69) is 29.0 Å². The highest BCUT2D eigenvalue weighted by molar-refractivity contribution is 7.09. The number of hydrogen-bond acceptors (Lipinski definition) is 4. The minimum Gasteiger partial charge on any atom is -0.355 e. The Labute approximate surface area is 125 Å². The van der Waals surface area contributed by atoms with Crippen molar-refractivity contribution in [2.45, 2.75) is 58.5 Å². The molecule has 1 fully saturated rings. The van der Waals surface area contributed by atoms with Crippen molar-refractivity contribution in [1.82, 2.24) is 15.2 Å². The van der Waals surface area contributed by atoms with E-state index < -0.39 is 0 Å². The number of carbonyl (C=O) groups is 1. The third-order valence-corrected chi connectivity index (χ3v) is 5.06. The van der Waals surface area contributed by atoms with Crippen LogP contribution in [0.5, 0.6) is 0 Å². The van der Waals surface area contributed by atoms with Gasteiger partial charge in [-0.1, -0.05) is 6.42 Å². The van der Waals surface area contributed by atoms with Gasteiger partial charge < -0.3 is 5.32 Å². The molecule has 0 aliphatic carbocycles. The van der Waals surface area contributed by atoms with Gasteiger partial charge in [-0.3, -0.25) is 9.69 Å². The van der Waals surface area contributed by atoms with E-state index in [-0.39, 0.29) is 5.91 Å². The summed E-state index contributed by atoms with van der Waals surface area (Å²) >= 11 is 1.66.